The Morgan fingerprint density at radius 2 is 2.41 bits per heavy atom. The van der Waals surface area contributed by atoms with Gasteiger partial charge in [-0.2, -0.15) is 0 Å². The van der Waals surface area contributed by atoms with Crippen LogP contribution in [0.15, 0.2) is 21.6 Å². The van der Waals surface area contributed by atoms with Crippen molar-refractivity contribution < 1.29 is 13.9 Å². The number of anilines is 1. The average molecular weight is 318 g/mol. The predicted octanol–water partition coefficient (Wildman–Crippen LogP) is 3.62. The Balaban J connectivity index is 1.86. The number of nitrogens with zero attached hydrogens (tertiary/aromatic N) is 1. The van der Waals surface area contributed by atoms with Crippen molar-refractivity contribution in [2.45, 2.75) is 25.3 Å². The molecule has 2 aromatic heterocycles. The van der Waals surface area contributed by atoms with Crippen molar-refractivity contribution in [3.8, 4) is 0 Å². The Morgan fingerprint density at radius 1 is 1.55 bits per heavy atom. The van der Waals surface area contributed by atoms with Crippen LogP contribution in [-0.4, -0.2) is 29.9 Å². The zero-order valence-corrected chi connectivity index (χ0v) is 13.5. The van der Waals surface area contributed by atoms with Gasteiger partial charge in [-0.05, 0) is 19.9 Å². The van der Waals surface area contributed by atoms with Crippen molar-refractivity contribution in [3.05, 3.63) is 23.5 Å². The molecule has 5 nitrogen and oxygen atoms in total. The molecular weight excluding hydrogens is 300 g/mol. The highest BCUT2D eigenvalue weighted by molar-refractivity contribution is 7.99. The first-order chi connectivity index (χ1) is 10.7. The number of thioether (sulfide) groups is 1. The number of aromatic nitrogens is 1. The van der Waals surface area contributed by atoms with Gasteiger partial charge in [-0.3, -0.25) is 4.79 Å². The van der Waals surface area contributed by atoms with E-state index in [-0.39, 0.29) is 5.97 Å². The molecule has 0 spiro atoms. The fourth-order valence-corrected chi connectivity index (χ4v) is 3.36. The lowest BCUT2D eigenvalue weighted by Crippen LogP contribution is -2.08. The van der Waals surface area contributed by atoms with Gasteiger partial charge in [0.1, 0.15) is 10.8 Å². The fraction of sp³-hybridized carbons (Fsp3) is 0.375. The normalized spacial score (nSPS) is 13.0. The Bertz CT molecular complexity index is 737. The Kier molecular flexibility index (Phi) is 4.38. The van der Waals surface area contributed by atoms with E-state index in [1.807, 2.05) is 19.9 Å². The number of carbonyl (C=O) groups excluding carboxylic acids is 1. The molecule has 22 heavy (non-hydrogen) atoms. The van der Waals surface area contributed by atoms with E-state index in [2.05, 4.69) is 22.5 Å². The molecule has 0 fully saturated rings. The minimum Gasteiger partial charge on any atom is -0.466 e. The van der Waals surface area contributed by atoms with E-state index in [0.717, 1.165) is 34.0 Å². The lowest BCUT2D eigenvalue weighted by Gasteiger charge is -2.16. The lowest BCUT2D eigenvalue weighted by molar-refractivity contribution is -0.142. The molecule has 1 aliphatic heterocycles. The van der Waals surface area contributed by atoms with Gasteiger partial charge in [0.25, 0.3) is 0 Å². The van der Waals surface area contributed by atoms with E-state index in [1.54, 1.807) is 11.8 Å². The number of aryl methyl sites for hydroxylation is 1. The van der Waals surface area contributed by atoms with Gasteiger partial charge in [0.15, 0.2) is 0 Å². The first-order valence-electron chi connectivity index (χ1n) is 7.32. The summed E-state index contributed by atoms with van der Waals surface area (Å²) in [5.41, 5.74) is 2.76. The predicted molar refractivity (Wildman–Crippen MR) is 88.2 cm³/mol. The molecular formula is C16H18N2O3S. The van der Waals surface area contributed by atoms with E-state index in [4.69, 9.17) is 9.15 Å². The number of nitrogens with one attached hydrogen (secondary N) is 1. The summed E-state index contributed by atoms with van der Waals surface area (Å²) in [7, 11) is 0. The Labute approximate surface area is 133 Å². The number of hydrogen-bond acceptors (Lipinski definition) is 6. The number of fused-ring (bicyclic) bond motifs is 3. The van der Waals surface area contributed by atoms with Crippen LogP contribution < -0.4 is 5.32 Å². The molecule has 1 aliphatic rings. The molecule has 116 valence electrons. The molecule has 0 saturated heterocycles. The molecule has 0 atom stereocenters. The number of furan rings is 1. The topological polar surface area (TPSA) is 64.4 Å². The number of carbonyl (C=O) groups is 1. The van der Waals surface area contributed by atoms with Crippen molar-refractivity contribution in [2.24, 2.45) is 0 Å². The van der Waals surface area contributed by atoms with Crippen LogP contribution in [0.25, 0.3) is 17.2 Å². The third-order valence-electron chi connectivity index (χ3n) is 3.34. The first-order valence-corrected chi connectivity index (χ1v) is 8.30. The van der Waals surface area contributed by atoms with Gasteiger partial charge in [0.2, 0.25) is 5.71 Å². The first kappa shape index (κ1) is 15.0. The van der Waals surface area contributed by atoms with Crippen LogP contribution in [0.2, 0.25) is 0 Å². The number of pyridine rings is 1. The third kappa shape index (κ3) is 2.97. The van der Waals surface area contributed by atoms with Gasteiger partial charge in [0, 0.05) is 17.9 Å². The molecule has 2 aromatic rings. The summed E-state index contributed by atoms with van der Waals surface area (Å²) in [6, 6.07) is 2.00. The van der Waals surface area contributed by atoms with Gasteiger partial charge in [-0.25, -0.2) is 4.98 Å². The lowest BCUT2D eigenvalue weighted by atomic mass is 10.1. The highest BCUT2D eigenvalue weighted by Crippen LogP contribution is 2.37. The summed E-state index contributed by atoms with van der Waals surface area (Å²) < 4.78 is 10.6. The van der Waals surface area contributed by atoms with Crippen LogP contribution in [0.4, 0.5) is 5.69 Å². The number of rotatable bonds is 5. The fourth-order valence-electron chi connectivity index (χ4n) is 2.43. The van der Waals surface area contributed by atoms with Crippen molar-refractivity contribution in [1.29, 1.82) is 0 Å². The van der Waals surface area contributed by atoms with Gasteiger partial charge in [0.05, 0.1) is 24.1 Å². The molecule has 0 aliphatic carbocycles. The minimum atomic E-state index is -0.174. The number of esters is 1. The summed E-state index contributed by atoms with van der Waals surface area (Å²) in [5, 5.41) is 5.27. The maximum absolute atomic E-state index is 11.4. The standard InChI is InChI=1S/C16H18N2O3S/c1-3-20-13(19)6-8-22-16-11-5-4-7-17-14(11)12-9-10(2)21-15(12)18-16/h4-5,9,17H,3,6-8H2,1-2H3. The average Bonchev–Trinajstić information content (AvgIpc) is 2.88. The highest BCUT2D eigenvalue weighted by Gasteiger charge is 2.18. The minimum absolute atomic E-state index is 0.174. The van der Waals surface area contributed by atoms with Gasteiger partial charge in [-0.1, -0.05) is 12.2 Å². The van der Waals surface area contributed by atoms with E-state index in [0.29, 0.717) is 24.5 Å². The number of hydrogen-bond donors (Lipinski definition) is 1. The quantitative estimate of drug-likeness (QED) is 0.671. The Morgan fingerprint density at radius 3 is 3.23 bits per heavy atom. The summed E-state index contributed by atoms with van der Waals surface area (Å²) >= 11 is 1.55. The SMILES string of the molecule is CCOC(=O)CCSc1nc2oc(C)cc2c2c1C=CCN2. The zero-order chi connectivity index (χ0) is 15.5. The molecule has 0 saturated carbocycles. The van der Waals surface area contributed by atoms with Crippen LogP contribution in [0.5, 0.6) is 0 Å². The van der Waals surface area contributed by atoms with Gasteiger partial charge in [-0.15, -0.1) is 11.8 Å². The molecule has 3 heterocycles. The van der Waals surface area contributed by atoms with Crippen molar-refractivity contribution in [1.82, 2.24) is 4.98 Å². The monoisotopic (exact) mass is 318 g/mol. The van der Waals surface area contributed by atoms with Gasteiger partial charge < -0.3 is 14.5 Å². The Hall–Kier alpha value is -1.95. The second-order valence-corrected chi connectivity index (χ2v) is 6.05. The summed E-state index contributed by atoms with van der Waals surface area (Å²) in [5.74, 6) is 1.30. The van der Waals surface area contributed by atoms with E-state index >= 15 is 0 Å². The third-order valence-corrected chi connectivity index (χ3v) is 4.33. The molecule has 0 amide bonds. The van der Waals surface area contributed by atoms with Crippen molar-refractivity contribution >= 4 is 40.6 Å². The molecule has 0 aromatic carbocycles. The van der Waals surface area contributed by atoms with Crippen molar-refractivity contribution in [2.75, 3.05) is 24.2 Å². The smallest absolute Gasteiger partial charge is 0.306 e. The number of ether oxygens (including phenoxy) is 1. The summed E-state index contributed by atoms with van der Waals surface area (Å²) in [6.07, 6.45) is 4.52. The van der Waals surface area contributed by atoms with E-state index in [9.17, 15) is 4.79 Å². The summed E-state index contributed by atoms with van der Waals surface area (Å²) in [6.45, 7) is 4.94. The van der Waals surface area contributed by atoms with Crippen LogP contribution in [0.1, 0.15) is 24.7 Å². The largest absolute Gasteiger partial charge is 0.466 e. The molecule has 0 radical (unpaired) electrons. The summed E-state index contributed by atoms with van der Waals surface area (Å²) in [4.78, 5) is 16.0. The molecule has 3 rings (SSSR count). The van der Waals surface area contributed by atoms with Crippen LogP contribution in [-0.2, 0) is 9.53 Å². The van der Waals surface area contributed by atoms with E-state index in [1.165, 1.54) is 0 Å². The van der Waals surface area contributed by atoms with Crippen LogP contribution in [0, 0.1) is 6.92 Å². The van der Waals surface area contributed by atoms with Crippen LogP contribution in [0.3, 0.4) is 0 Å². The zero-order valence-electron chi connectivity index (χ0n) is 12.6. The molecule has 1 N–H and O–H groups in total. The maximum atomic E-state index is 11.4. The second kappa shape index (κ2) is 6.44. The van der Waals surface area contributed by atoms with Crippen molar-refractivity contribution in [3.63, 3.8) is 0 Å². The van der Waals surface area contributed by atoms with Crippen LogP contribution >= 0.6 is 11.8 Å². The molecule has 6 heteroatoms. The molecule has 0 bridgehead atoms. The second-order valence-electron chi connectivity index (χ2n) is 4.97. The van der Waals surface area contributed by atoms with E-state index < -0.39 is 0 Å². The maximum Gasteiger partial charge on any atom is 0.306 e. The van der Waals surface area contributed by atoms with Gasteiger partial charge >= 0.3 is 5.97 Å². The molecule has 0 unspecified atom stereocenters. The highest BCUT2D eigenvalue weighted by atomic mass is 32.2.